The van der Waals surface area contributed by atoms with Crippen LogP contribution in [0.4, 0.5) is 9.52 Å². The van der Waals surface area contributed by atoms with Crippen LogP contribution in [0.25, 0.3) is 21.9 Å². The highest BCUT2D eigenvalue weighted by Crippen LogP contribution is 2.32. The minimum atomic E-state index is -0.557. The minimum absolute atomic E-state index is 0.00767. The summed E-state index contributed by atoms with van der Waals surface area (Å²) < 4.78 is 15.5. The molecule has 0 saturated carbocycles. The molecule has 10 heteroatoms. The van der Waals surface area contributed by atoms with Gasteiger partial charge in [0.25, 0.3) is 5.56 Å². The highest BCUT2D eigenvalue weighted by molar-refractivity contribution is 7.21. The van der Waals surface area contributed by atoms with Crippen molar-refractivity contribution in [3.05, 3.63) is 70.4 Å². The molecular weight excluding hydrogens is 443 g/mol. The van der Waals surface area contributed by atoms with Crippen LogP contribution in [0.3, 0.4) is 0 Å². The monoisotopic (exact) mass is 464 g/mol. The van der Waals surface area contributed by atoms with Crippen LogP contribution in [-0.4, -0.2) is 38.0 Å². The fourth-order valence-electron chi connectivity index (χ4n) is 4.00. The van der Waals surface area contributed by atoms with Gasteiger partial charge < -0.3 is 10.2 Å². The molecule has 0 spiro atoms. The Hall–Kier alpha value is -3.66. The fraction of sp³-hybridized carbons (Fsp3) is 0.261. The third kappa shape index (κ3) is 3.97. The van der Waals surface area contributed by atoms with E-state index in [4.69, 9.17) is 0 Å². The van der Waals surface area contributed by atoms with Crippen LogP contribution < -0.4 is 15.8 Å². The number of rotatable bonds is 5. The third-order valence-electron chi connectivity index (χ3n) is 5.71. The maximum atomic E-state index is 14.3. The van der Waals surface area contributed by atoms with Gasteiger partial charge in [-0.2, -0.15) is 0 Å². The molecule has 1 atom stereocenters. The molecule has 1 aromatic carbocycles. The highest BCUT2D eigenvalue weighted by Gasteiger charge is 2.33. The van der Waals surface area contributed by atoms with E-state index in [1.165, 1.54) is 41.3 Å². The van der Waals surface area contributed by atoms with Crippen molar-refractivity contribution in [2.45, 2.75) is 25.4 Å². The Morgan fingerprint density at radius 3 is 2.82 bits per heavy atom. The normalized spacial score (nSPS) is 15.8. The van der Waals surface area contributed by atoms with E-state index >= 15 is 0 Å². The Kier molecular flexibility index (Phi) is 5.59. The molecule has 0 radical (unpaired) electrons. The molecule has 1 N–H and O–H groups in total. The largest absolute Gasteiger partial charge is 0.350 e. The quantitative estimate of drug-likeness (QED) is 0.488. The Balaban J connectivity index is 1.44. The number of aromatic nitrogens is 4. The van der Waals surface area contributed by atoms with E-state index < -0.39 is 5.82 Å². The zero-order valence-corrected chi connectivity index (χ0v) is 18.7. The average Bonchev–Trinajstić information content (AvgIpc) is 3.48. The van der Waals surface area contributed by atoms with Crippen LogP contribution in [-0.2, 0) is 18.4 Å². The number of benzene rings is 1. The molecule has 1 aliphatic rings. The van der Waals surface area contributed by atoms with Gasteiger partial charge in [-0.3, -0.25) is 14.2 Å². The van der Waals surface area contributed by atoms with Crippen molar-refractivity contribution in [1.29, 1.82) is 0 Å². The van der Waals surface area contributed by atoms with Crippen LogP contribution >= 0.6 is 11.3 Å². The maximum absolute atomic E-state index is 14.3. The summed E-state index contributed by atoms with van der Waals surface area (Å²) in [5.74, 6) is -0.495. The van der Waals surface area contributed by atoms with Gasteiger partial charge in [-0.15, -0.1) is 0 Å². The SMILES string of the molecule is Cn1c(-c2ncccc2F)nc2sc(N3CCCC3C(=O)NCc3ccccc3)nc2c1=O. The number of hydrogen-bond donors (Lipinski definition) is 1. The first-order valence-corrected chi connectivity index (χ1v) is 11.4. The standard InChI is InChI=1S/C23H21FN6O2S/c1-29-19(17-15(24)9-5-11-25-17)28-21-18(22(29)32)27-23(33-21)30-12-6-10-16(30)20(31)26-13-14-7-3-2-4-8-14/h2-5,7-9,11,16H,6,10,12-13H2,1H3,(H,26,31). The van der Waals surface area contributed by atoms with E-state index in [0.717, 1.165) is 12.0 Å². The Bertz CT molecular complexity index is 1390. The number of amides is 1. The molecule has 168 valence electrons. The van der Waals surface area contributed by atoms with Gasteiger partial charge in [0.15, 0.2) is 27.1 Å². The molecule has 0 bridgehead atoms. The number of anilines is 1. The Morgan fingerprint density at radius 1 is 1.21 bits per heavy atom. The fourth-order valence-corrected chi connectivity index (χ4v) is 5.01. The summed E-state index contributed by atoms with van der Waals surface area (Å²) in [6.07, 6.45) is 3.00. The second-order valence-corrected chi connectivity index (χ2v) is 8.79. The van der Waals surface area contributed by atoms with Gasteiger partial charge in [0.1, 0.15) is 11.7 Å². The molecule has 8 nitrogen and oxygen atoms in total. The topological polar surface area (TPSA) is 93.0 Å². The number of fused-ring (bicyclic) bond motifs is 1. The van der Waals surface area contributed by atoms with E-state index in [-0.39, 0.29) is 34.5 Å². The molecule has 4 aromatic rings. The molecule has 1 aliphatic heterocycles. The lowest BCUT2D eigenvalue weighted by molar-refractivity contribution is -0.122. The Labute approximate surface area is 192 Å². The van der Waals surface area contributed by atoms with Gasteiger partial charge in [0.05, 0.1) is 0 Å². The van der Waals surface area contributed by atoms with E-state index in [9.17, 15) is 14.0 Å². The van der Waals surface area contributed by atoms with Crippen molar-refractivity contribution < 1.29 is 9.18 Å². The van der Waals surface area contributed by atoms with Crippen LogP contribution in [0, 0.1) is 5.82 Å². The summed E-state index contributed by atoms with van der Waals surface area (Å²) in [5.41, 5.74) is 0.852. The van der Waals surface area contributed by atoms with Gasteiger partial charge in [-0.05, 0) is 30.5 Å². The number of hydrogen-bond acceptors (Lipinski definition) is 7. The Morgan fingerprint density at radius 2 is 2.03 bits per heavy atom. The summed E-state index contributed by atoms with van der Waals surface area (Å²) in [5, 5.41) is 3.56. The lowest BCUT2D eigenvalue weighted by Crippen LogP contribution is -2.43. The number of halogens is 1. The van der Waals surface area contributed by atoms with Crippen molar-refractivity contribution in [2.75, 3.05) is 11.4 Å². The molecule has 1 saturated heterocycles. The van der Waals surface area contributed by atoms with Crippen LogP contribution in [0.1, 0.15) is 18.4 Å². The predicted molar refractivity (Wildman–Crippen MR) is 125 cm³/mol. The van der Waals surface area contributed by atoms with Crippen LogP contribution in [0.5, 0.6) is 0 Å². The summed E-state index contributed by atoms with van der Waals surface area (Å²) in [6.45, 7) is 1.11. The second kappa shape index (κ2) is 8.70. The first-order valence-electron chi connectivity index (χ1n) is 10.6. The first kappa shape index (κ1) is 21.2. The molecule has 3 aromatic heterocycles. The third-order valence-corrected chi connectivity index (χ3v) is 6.70. The van der Waals surface area contributed by atoms with E-state index in [0.29, 0.717) is 29.5 Å². The molecule has 1 unspecified atom stereocenters. The summed E-state index contributed by atoms with van der Waals surface area (Å²) in [6, 6.07) is 12.1. The number of thiazole rings is 1. The van der Waals surface area contributed by atoms with Crippen molar-refractivity contribution in [3.63, 3.8) is 0 Å². The number of carbonyl (C=O) groups excluding carboxylic acids is 1. The molecule has 0 aliphatic carbocycles. The van der Waals surface area contributed by atoms with Gasteiger partial charge >= 0.3 is 0 Å². The van der Waals surface area contributed by atoms with Gasteiger partial charge in [0.2, 0.25) is 5.91 Å². The second-order valence-electron chi connectivity index (χ2n) is 7.84. The number of nitrogens with one attached hydrogen (secondary N) is 1. The van der Waals surface area contributed by atoms with Gasteiger partial charge in [-0.1, -0.05) is 41.7 Å². The highest BCUT2D eigenvalue weighted by atomic mass is 32.1. The number of carbonyl (C=O) groups is 1. The molecular formula is C23H21FN6O2S. The van der Waals surface area contributed by atoms with Gasteiger partial charge in [0, 0.05) is 26.3 Å². The predicted octanol–water partition coefficient (Wildman–Crippen LogP) is 2.88. The smallest absolute Gasteiger partial charge is 0.281 e. The summed E-state index contributed by atoms with van der Waals surface area (Å²) in [7, 11) is 1.52. The lowest BCUT2D eigenvalue weighted by Gasteiger charge is -2.23. The minimum Gasteiger partial charge on any atom is -0.350 e. The molecule has 1 amide bonds. The van der Waals surface area contributed by atoms with Crippen molar-refractivity contribution >= 4 is 32.7 Å². The summed E-state index contributed by atoms with van der Waals surface area (Å²) >= 11 is 1.23. The van der Waals surface area contributed by atoms with Crippen molar-refractivity contribution in [2.24, 2.45) is 7.05 Å². The van der Waals surface area contributed by atoms with E-state index in [1.54, 1.807) is 0 Å². The van der Waals surface area contributed by atoms with Crippen LogP contribution in [0.2, 0.25) is 0 Å². The molecule has 5 rings (SSSR count). The average molecular weight is 465 g/mol. The van der Waals surface area contributed by atoms with Crippen molar-refractivity contribution in [3.8, 4) is 11.5 Å². The maximum Gasteiger partial charge on any atom is 0.281 e. The van der Waals surface area contributed by atoms with E-state index in [1.807, 2.05) is 35.2 Å². The zero-order chi connectivity index (χ0) is 22.9. The molecule has 33 heavy (non-hydrogen) atoms. The summed E-state index contributed by atoms with van der Waals surface area (Å²) in [4.78, 5) is 41.2. The first-order chi connectivity index (χ1) is 16.0. The van der Waals surface area contributed by atoms with Crippen LogP contribution in [0.15, 0.2) is 53.5 Å². The lowest BCUT2D eigenvalue weighted by atomic mass is 10.2. The zero-order valence-electron chi connectivity index (χ0n) is 17.9. The molecule has 1 fully saturated rings. The van der Waals surface area contributed by atoms with Crippen molar-refractivity contribution in [1.82, 2.24) is 24.8 Å². The molecule has 4 heterocycles. The number of nitrogens with zero attached hydrogens (tertiary/aromatic N) is 5. The van der Waals surface area contributed by atoms with Gasteiger partial charge in [-0.25, -0.2) is 19.3 Å². The number of pyridine rings is 1. The van der Waals surface area contributed by atoms with E-state index in [2.05, 4.69) is 20.3 Å².